The average Bonchev–Trinajstić information content (AvgIpc) is 2.48. The van der Waals surface area contributed by atoms with E-state index in [-0.39, 0.29) is 5.02 Å². The van der Waals surface area contributed by atoms with Crippen LogP contribution in [0.15, 0.2) is 35.4 Å². The molecule has 2 rings (SSSR count). The molecule has 0 bridgehead atoms. The van der Waals surface area contributed by atoms with E-state index < -0.39 is 49.2 Å². The van der Waals surface area contributed by atoms with Gasteiger partial charge in [-0.05, 0) is 25.1 Å². The highest BCUT2D eigenvalue weighted by molar-refractivity contribution is 7.96. The third-order valence-electron chi connectivity index (χ3n) is 3.67. The molecule has 0 saturated carbocycles. The van der Waals surface area contributed by atoms with Crippen molar-refractivity contribution < 1.29 is 31.5 Å². The Balaban J connectivity index is 2.49. The maximum absolute atomic E-state index is 13.3. The molecule has 0 radical (unpaired) electrons. The smallest absolute Gasteiger partial charge is 0.399 e. The van der Waals surface area contributed by atoms with Gasteiger partial charge in [-0.2, -0.15) is 13.2 Å². The van der Waals surface area contributed by atoms with Crippen molar-refractivity contribution in [2.24, 2.45) is 5.41 Å². The summed E-state index contributed by atoms with van der Waals surface area (Å²) in [6.07, 6.45) is -1.54. The predicted octanol–water partition coefficient (Wildman–Crippen LogP) is 3.80. The molecule has 1 aromatic rings. The molecular weight excluding hydrogens is 420 g/mol. The number of carboxylic acid groups (broad SMARTS) is 1. The molecule has 142 valence electrons. The lowest BCUT2D eigenvalue weighted by Gasteiger charge is -2.34. The highest BCUT2D eigenvalue weighted by Crippen LogP contribution is 2.48. The molecule has 0 aliphatic heterocycles. The maximum atomic E-state index is 13.3. The molecule has 2 atom stereocenters. The fourth-order valence-electron chi connectivity index (χ4n) is 2.10. The largest absolute Gasteiger partial charge is 0.476 e. The molecule has 1 heterocycles. The first kappa shape index (κ1) is 20.5. The van der Waals surface area contributed by atoms with Crippen LogP contribution in [0.5, 0.6) is 0 Å². The molecule has 0 amide bonds. The molecule has 1 aromatic heterocycles. The van der Waals surface area contributed by atoms with Crippen LogP contribution in [0.3, 0.4) is 0 Å². The van der Waals surface area contributed by atoms with Gasteiger partial charge in [0.2, 0.25) is 0 Å². The second kappa shape index (κ2) is 6.75. The van der Waals surface area contributed by atoms with Crippen molar-refractivity contribution >= 4 is 44.9 Å². The molecule has 2 unspecified atom stereocenters. The highest BCUT2D eigenvalue weighted by atomic mass is 35.5. The van der Waals surface area contributed by atoms with Crippen molar-refractivity contribution in [1.82, 2.24) is 4.98 Å². The first-order chi connectivity index (χ1) is 11.8. The number of carboxylic acids is 1. The van der Waals surface area contributed by atoms with Crippen LogP contribution in [0.25, 0.3) is 0 Å². The van der Waals surface area contributed by atoms with Gasteiger partial charge in [0.05, 0.1) is 21.0 Å². The molecule has 0 saturated heterocycles. The van der Waals surface area contributed by atoms with Crippen LogP contribution < -0.4 is 4.72 Å². The number of anilines is 1. The summed E-state index contributed by atoms with van der Waals surface area (Å²) in [4.78, 5) is 13.9. The molecule has 1 aliphatic rings. The van der Waals surface area contributed by atoms with Crippen LogP contribution in [0.2, 0.25) is 5.02 Å². The second-order valence-electron chi connectivity index (χ2n) is 5.55. The fraction of sp³-hybridized carbons (Fsp3) is 0.286. The van der Waals surface area contributed by atoms with Gasteiger partial charge in [-0.15, -0.1) is 11.6 Å². The van der Waals surface area contributed by atoms with E-state index >= 15 is 0 Å². The summed E-state index contributed by atoms with van der Waals surface area (Å²) in [6.45, 7) is 0.757. The van der Waals surface area contributed by atoms with Gasteiger partial charge in [0.25, 0.3) is 10.0 Å². The van der Waals surface area contributed by atoms with E-state index in [0.29, 0.717) is 6.08 Å². The molecule has 0 aromatic carbocycles. The van der Waals surface area contributed by atoms with Gasteiger partial charge >= 0.3 is 12.1 Å². The number of aromatic nitrogens is 1. The van der Waals surface area contributed by atoms with Crippen LogP contribution in [0, 0.1) is 5.41 Å². The number of sulfonamides is 1. The standard InChI is InChI=1S/C14H11Cl2F3N2O4S/c1-13(14(17,18)19)5-8(2-3-10(13)16)26(24,25)21-9-4-7(15)6-20-11(9)12(22)23/h2-6,10,21H,1H3,(H,22,23). The van der Waals surface area contributed by atoms with Gasteiger partial charge in [0, 0.05) is 6.20 Å². The topological polar surface area (TPSA) is 96.4 Å². The minimum absolute atomic E-state index is 0.0678. The Bertz CT molecular complexity index is 915. The number of aromatic carboxylic acids is 1. The molecule has 1 aliphatic carbocycles. The third-order valence-corrected chi connectivity index (χ3v) is 5.84. The molecule has 12 heteroatoms. The third kappa shape index (κ3) is 3.81. The number of halogens is 5. The normalized spacial score (nSPS) is 23.5. The number of carbonyl (C=O) groups is 1. The van der Waals surface area contributed by atoms with Gasteiger partial charge in [0.15, 0.2) is 5.69 Å². The summed E-state index contributed by atoms with van der Waals surface area (Å²) >= 11 is 11.4. The van der Waals surface area contributed by atoms with E-state index in [1.54, 1.807) is 0 Å². The van der Waals surface area contributed by atoms with E-state index in [1.807, 2.05) is 4.72 Å². The number of hydrogen-bond donors (Lipinski definition) is 2. The number of rotatable bonds is 4. The average molecular weight is 431 g/mol. The van der Waals surface area contributed by atoms with Crippen molar-refractivity contribution in [2.75, 3.05) is 4.72 Å². The number of nitrogens with one attached hydrogen (secondary N) is 1. The van der Waals surface area contributed by atoms with E-state index in [2.05, 4.69) is 4.98 Å². The molecule has 6 nitrogen and oxygen atoms in total. The van der Waals surface area contributed by atoms with Crippen LogP contribution in [-0.4, -0.2) is 36.0 Å². The quantitative estimate of drug-likeness (QED) is 0.707. The van der Waals surface area contributed by atoms with Crippen LogP contribution in [-0.2, 0) is 10.0 Å². The summed E-state index contributed by atoms with van der Waals surface area (Å²) in [7, 11) is -4.56. The van der Waals surface area contributed by atoms with Crippen LogP contribution in [0.4, 0.5) is 18.9 Å². The summed E-state index contributed by atoms with van der Waals surface area (Å²) in [5.41, 5.74) is -3.77. The van der Waals surface area contributed by atoms with E-state index in [9.17, 15) is 26.4 Å². The number of pyridine rings is 1. The van der Waals surface area contributed by atoms with Crippen LogP contribution in [0.1, 0.15) is 17.4 Å². The Morgan fingerprint density at radius 2 is 2.04 bits per heavy atom. The lowest BCUT2D eigenvalue weighted by atomic mass is 9.82. The van der Waals surface area contributed by atoms with Crippen LogP contribution >= 0.6 is 23.2 Å². The first-order valence-corrected chi connectivity index (χ1v) is 9.11. The molecule has 26 heavy (non-hydrogen) atoms. The molecule has 0 spiro atoms. The Hall–Kier alpha value is -1.78. The second-order valence-corrected chi connectivity index (χ2v) is 8.14. The Labute approximate surface area is 156 Å². The summed E-state index contributed by atoms with van der Waals surface area (Å²) in [6, 6.07) is 0.982. The molecule has 2 N–H and O–H groups in total. The zero-order chi connectivity index (χ0) is 19.9. The monoisotopic (exact) mass is 430 g/mol. The number of allylic oxidation sites excluding steroid dienone is 3. The van der Waals surface area contributed by atoms with Gasteiger partial charge in [-0.3, -0.25) is 4.72 Å². The SMILES string of the molecule is CC1(C(F)(F)F)C=C(S(=O)(=O)Nc2cc(Cl)cnc2C(=O)O)C=CC1Cl. The lowest BCUT2D eigenvalue weighted by Crippen LogP contribution is -2.42. The Morgan fingerprint density at radius 1 is 1.42 bits per heavy atom. The van der Waals surface area contributed by atoms with Crippen molar-refractivity contribution in [3.63, 3.8) is 0 Å². The van der Waals surface area contributed by atoms with Gasteiger partial charge in [0.1, 0.15) is 5.41 Å². The maximum Gasteiger partial charge on any atom is 0.399 e. The van der Waals surface area contributed by atoms with E-state index in [4.69, 9.17) is 28.3 Å². The zero-order valence-electron chi connectivity index (χ0n) is 12.9. The van der Waals surface area contributed by atoms with E-state index in [1.165, 1.54) is 0 Å². The van der Waals surface area contributed by atoms with Crippen molar-refractivity contribution in [3.05, 3.63) is 46.1 Å². The minimum Gasteiger partial charge on any atom is -0.476 e. The Morgan fingerprint density at radius 3 is 2.58 bits per heavy atom. The Kier molecular flexibility index (Phi) is 5.33. The fourth-order valence-corrected chi connectivity index (χ4v) is 3.74. The number of hydrogen-bond acceptors (Lipinski definition) is 4. The van der Waals surface area contributed by atoms with E-state index in [0.717, 1.165) is 31.3 Å². The predicted molar refractivity (Wildman–Crippen MR) is 89.8 cm³/mol. The van der Waals surface area contributed by atoms with Crippen molar-refractivity contribution in [2.45, 2.75) is 18.5 Å². The first-order valence-electron chi connectivity index (χ1n) is 6.81. The van der Waals surface area contributed by atoms with Gasteiger partial charge < -0.3 is 5.11 Å². The van der Waals surface area contributed by atoms with Crippen molar-refractivity contribution in [1.29, 1.82) is 0 Å². The lowest BCUT2D eigenvalue weighted by molar-refractivity contribution is -0.197. The number of nitrogens with zero attached hydrogens (tertiary/aromatic N) is 1. The van der Waals surface area contributed by atoms with Gasteiger partial charge in [-0.25, -0.2) is 18.2 Å². The van der Waals surface area contributed by atoms with Crippen molar-refractivity contribution in [3.8, 4) is 0 Å². The zero-order valence-corrected chi connectivity index (χ0v) is 15.2. The van der Waals surface area contributed by atoms with Gasteiger partial charge in [-0.1, -0.05) is 17.7 Å². The summed E-state index contributed by atoms with van der Waals surface area (Å²) in [5, 5.41) is 7.47. The number of alkyl halides is 4. The highest BCUT2D eigenvalue weighted by Gasteiger charge is 2.55. The summed E-state index contributed by atoms with van der Waals surface area (Å²) in [5.74, 6) is -1.55. The molecular formula is C14H11Cl2F3N2O4S. The minimum atomic E-state index is -4.81. The summed E-state index contributed by atoms with van der Waals surface area (Å²) < 4.78 is 66.7. The molecule has 0 fully saturated rings.